The molecule has 0 aromatic heterocycles. The minimum absolute atomic E-state index is 0.104. The van der Waals surface area contributed by atoms with Crippen LogP contribution in [0.2, 0.25) is 0 Å². The fourth-order valence-corrected chi connectivity index (χ4v) is 2.92. The highest BCUT2D eigenvalue weighted by Gasteiger charge is 2.26. The molecule has 0 amide bonds. The molecule has 0 bridgehead atoms. The molecule has 2 rings (SSSR count). The molecule has 0 radical (unpaired) electrons. The minimum atomic E-state index is 0.104. The van der Waals surface area contributed by atoms with Gasteiger partial charge in [-0.3, -0.25) is 9.59 Å². The standard InChI is InChI=1S/C17H22O2/c1-12-6-8-16(9-7-12)17(19)15-5-3-4-14(10-11-15)13(2)18/h6-9,14-15H,3-5,10-11H2,1-2H3. The number of carbonyl (C=O) groups is 2. The first-order valence-corrected chi connectivity index (χ1v) is 7.19. The molecule has 1 aromatic rings. The Bertz CT molecular complexity index is 459. The zero-order valence-corrected chi connectivity index (χ0v) is 11.8. The van der Waals surface area contributed by atoms with Crippen molar-refractivity contribution >= 4 is 11.6 Å². The molecule has 2 nitrogen and oxygen atoms in total. The predicted molar refractivity (Wildman–Crippen MR) is 76.3 cm³/mol. The van der Waals surface area contributed by atoms with E-state index >= 15 is 0 Å². The van der Waals surface area contributed by atoms with Crippen LogP contribution < -0.4 is 0 Å². The van der Waals surface area contributed by atoms with Crippen LogP contribution in [0.4, 0.5) is 0 Å². The molecule has 1 aromatic carbocycles. The maximum atomic E-state index is 12.5. The summed E-state index contributed by atoms with van der Waals surface area (Å²) in [6.07, 6.45) is 4.60. The Morgan fingerprint density at radius 3 is 2.16 bits per heavy atom. The highest BCUT2D eigenvalue weighted by atomic mass is 16.1. The van der Waals surface area contributed by atoms with Crippen LogP contribution in [-0.2, 0) is 4.79 Å². The zero-order valence-electron chi connectivity index (χ0n) is 11.8. The summed E-state index contributed by atoms with van der Waals surface area (Å²) in [6, 6.07) is 7.82. The number of aryl methyl sites for hydroxylation is 1. The molecule has 0 aliphatic heterocycles. The summed E-state index contributed by atoms with van der Waals surface area (Å²) >= 11 is 0. The van der Waals surface area contributed by atoms with Crippen LogP contribution in [-0.4, -0.2) is 11.6 Å². The maximum absolute atomic E-state index is 12.5. The van der Waals surface area contributed by atoms with Gasteiger partial charge in [-0.05, 0) is 39.5 Å². The molecule has 19 heavy (non-hydrogen) atoms. The second-order valence-electron chi connectivity index (χ2n) is 5.74. The first kappa shape index (κ1) is 14.0. The van der Waals surface area contributed by atoms with Gasteiger partial charge in [-0.2, -0.15) is 0 Å². The molecule has 1 saturated carbocycles. The van der Waals surface area contributed by atoms with Crippen molar-refractivity contribution in [1.29, 1.82) is 0 Å². The molecule has 102 valence electrons. The van der Waals surface area contributed by atoms with E-state index in [1.54, 1.807) is 6.92 Å². The van der Waals surface area contributed by atoms with Gasteiger partial charge in [0, 0.05) is 17.4 Å². The van der Waals surface area contributed by atoms with Crippen molar-refractivity contribution in [2.75, 3.05) is 0 Å². The Morgan fingerprint density at radius 2 is 1.53 bits per heavy atom. The molecular formula is C17H22O2. The minimum Gasteiger partial charge on any atom is -0.300 e. The third-order valence-electron chi connectivity index (χ3n) is 4.25. The zero-order chi connectivity index (χ0) is 13.8. The van der Waals surface area contributed by atoms with Crippen molar-refractivity contribution in [1.82, 2.24) is 0 Å². The monoisotopic (exact) mass is 258 g/mol. The summed E-state index contributed by atoms with van der Waals surface area (Å²) in [4.78, 5) is 23.9. The van der Waals surface area contributed by atoms with Gasteiger partial charge >= 0.3 is 0 Å². The number of rotatable bonds is 3. The third-order valence-corrected chi connectivity index (χ3v) is 4.25. The summed E-state index contributed by atoms with van der Waals surface area (Å²) in [5.74, 6) is 0.815. The van der Waals surface area contributed by atoms with Crippen LogP contribution in [0, 0.1) is 18.8 Å². The second kappa shape index (κ2) is 6.14. The Hall–Kier alpha value is -1.44. The van der Waals surface area contributed by atoms with E-state index < -0.39 is 0 Å². The molecule has 1 aliphatic carbocycles. The van der Waals surface area contributed by atoms with Gasteiger partial charge in [0.1, 0.15) is 5.78 Å². The number of Topliss-reactive ketones (excluding diaryl/α,β-unsaturated/α-hetero) is 2. The van der Waals surface area contributed by atoms with Gasteiger partial charge < -0.3 is 0 Å². The smallest absolute Gasteiger partial charge is 0.165 e. The highest BCUT2D eigenvalue weighted by molar-refractivity contribution is 5.97. The molecule has 2 unspecified atom stereocenters. The van der Waals surface area contributed by atoms with Crippen LogP contribution in [0.25, 0.3) is 0 Å². The van der Waals surface area contributed by atoms with E-state index in [1.165, 1.54) is 5.56 Å². The first-order chi connectivity index (χ1) is 9.08. The lowest BCUT2D eigenvalue weighted by atomic mass is 9.90. The number of hydrogen-bond acceptors (Lipinski definition) is 2. The Balaban J connectivity index is 2.03. The number of benzene rings is 1. The maximum Gasteiger partial charge on any atom is 0.165 e. The summed E-state index contributed by atoms with van der Waals surface area (Å²) in [5, 5.41) is 0. The van der Waals surface area contributed by atoms with Crippen molar-refractivity contribution < 1.29 is 9.59 Å². The quantitative estimate of drug-likeness (QED) is 0.607. The third kappa shape index (κ3) is 3.52. The Morgan fingerprint density at radius 1 is 0.947 bits per heavy atom. The SMILES string of the molecule is CC(=O)C1CCCC(C(=O)c2ccc(C)cc2)CC1. The molecule has 0 spiro atoms. The van der Waals surface area contributed by atoms with Crippen molar-refractivity contribution in [3.05, 3.63) is 35.4 Å². The fourth-order valence-electron chi connectivity index (χ4n) is 2.92. The summed E-state index contributed by atoms with van der Waals surface area (Å²) < 4.78 is 0. The summed E-state index contributed by atoms with van der Waals surface area (Å²) in [5.41, 5.74) is 1.99. The van der Waals surface area contributed by atoms with Crippen LogP contribution in [0.15, 0.2) is 24.3 Å². The van der Waals surface area contributed by atoms with E-state index in [0.29, 0.717) is 0 Å². The number of ketones is 2. The Labute approximate surface area is 115 Å². The van der Waals surface area contributed by atoms with Crippen molar-refractivity contribution in [3.8, 4) is 0 Å². The lowest BCUT2D eigenvalue weighted by molar-refractivity contribution is -0.121. The van der Waals surface area contributed by atoms with Crippen molar-refractivity contribution in [2.45, 2.75) is 46.0 Å². The second-order valence-corrected chi connectivity index (χ2v) is 5.74. The van der Waals surface area contributed by atoms with Crippen molar-refractivity contribution in [2.24, 2.45) is 11.8 Å². The van der Waals surface area contributed by atoms with Crippen LogP contribution >= 0.6 is 0 Å². The highest BCUT2D eigenvalue weighted by Crippen LogP contribution is 2.30. The van der Waals surface area contributed by atoms with Gasteiger partial charge in [0.25, 0.3) is 0 Å². The molecule has 1 aliphatic rings. The lowest BCUT2D eigenvalue weighted by Crippen LogP contribution is -2.15. The summed E-state index contributed by atoms with van der Waals surface area (Å²) in [6.45, 7) is 3.70. The summed E-state index contributed by atoms with van der Waals surface area (Å²) in [7, 11) is 0. The van der Waals surface area contributed by atoms with E-state index in [4.69, 9.17) is 0 Å². The molecule has 0 N–H and O–H groups in total. The molecule has 2 atom stereocenters. The van der Waals surface area contributed by atoms with E-state index in [1.807, 2.05) is 31.2 Å². The largest absolute Gasteiger partial charge is 0.300 e. The van der Waals surface area contributed by atoms with Gasteiger partial charge in [-0.15, -0.1) is 0 Å². The van der Waals surface area contributed by atoms with E-state index in [2.05, 4.69) is 0 Å². The Kier molecular flexibility index (Phi) is 4.52. The lowest BCUT2D eigenvalue weighted by Gasteiger charge is -2.13. The van der Waals surface area contributed by atoms with Gasteiger partial charge in [0.2, 0.25) is 0 Å². The van der Waals surface area contributed by atoms with E-state index in [0.717, 1.165) is 37.7 Å². The van der Waals surface area contributed by atoms with E-state index in [-0.39, 0.29) is 23.4 Å². The average Bonchev–Trinajstić information content (AvgIpc) is 2.64. The van der Waals surface area contributed by atoms with Crippen LogP contribution in [0.5, 0.6) is 0 Å². The van der Waals surface area contributed by atoms with Gasteiger partial charge in [0.15, 0.2) is 5.78 Å². The first-order valence-electron chi connectivity index (χ1n) is 7.19. The molecule has 0 heterocycles. The molecular weight excluding hydrogens is 236 g/mol. The van der Waals surface area contributed by atoms with E-state index in [9.17, 15) is 9.59 Å². The topological polar surface area (TPSA) is 34.1 Å². The van der Waals surface area contributed by atoms with Gasteiger partial charge in [-0.25, -0.2) is 0 Å². The fraction of sp³-hybridized carbons (Fsp3) is 0.529. The number of hydrogen-bond donors (Lipinski definition) is 0. The van der Waals surface area contributed by atoms with Crippen LogP contribution in [0.3, 0.4) is 0 Å². The average molecular weight is 258 g/mol. The van der Waals surface area contributed by atoms with Gasteiger partial charge in [0.05, 0.1) is 0 Å². The molecule has 1 fully saturated rings. The predicted octanol–water partition coefficient (Wildman–Crippen LogP) is 3.96. The van der Waals surface area contributed by atoms with Gasteiger partial charge in [-0.1, -0.05) is 36.2 Å². The number of carbonyl (C=O) groups excluding carboxylic acids is 2. The normalized spacial score (nSPS) is 23.7. The van der Waals surface area contributed by atoms with Crippen LogP contribution in [0.1, 0.15) is 54.9 Å². The molecule has 0 saturated heterocycles. The molecule has 2 heteroatoms. The van der Waals surface area contributed by atoms with Crippen molar-refractivity contribution in [3.63, 3.8) is 0 Å².